The highest BCUT2D eigenvalue weighted by molar-refractivity contribution is 7.13. The van der Waals surface area contributed by atoms with Gasteiger partial charge in [-0.2, -0.15) is 0 Å². The first-order valence-corrected chi connectivity index (χ1v) is 6.76. The van der Waals surface area contributed by atoms with Crippen LogP contribution < -0.4 is 11.1 Å². The fourth-order valence-electron chi connectivity index (χ4n) is 1.55. The first-order valence-electron chi connectivity index (χ1n) is 5.88. The lowest BCUT2D eigenvalue weighted by Crippen LogP contribution is -2.35. The molecule has 1 amide bonds. The normalized spacial score (nSPS) is 10.8. The molecular weight excluding hydrogens is 236 g/mol. The number of hydrogen-bond acceptors (Lipinski definition) is 5. The molecule has 6 heteroatoms. The molecule has 0 unspecified atom stereocenters. The predicted molar refractivity (Wildman–Crippen MR) is 71.3 cm³/mol. The second-order valence-electron chi connectivity index (χ2n) is 3.76. The summed E-state index contributed by atoms with van der Waals surface area (Å²) in [6, 6.07) is 0. The van der Waals surface area contributed by atoms with E-state index in [1.54, 1.807) is 5.38 Å². The number of hydrogen-bond donors (Lipinski definition) is 2. The van der Waals surface area contributed by atoms with Crippen molar-refractivity contribution in [2.75, 3.05) is 31.9 Å². The van der Waals surface area contributed by atoms with Crippen LogP contribution >= 0.6 is 11.3 Å². The Balaban J connectivity index is 2.28. The van der Waals surface area contributed by atoms with E-state index < -0.39 is 0 Å². The van der Waals surface area contributed by atoms with Crippen LogP contribution in [0, 0.1) is 0 Å². The Morgan fingerprint density at radius 1 is 1.53 bits per heavy atom. The molecule has 0 aliphatic rings. The quantitative estimate of drug-likeness (QED) is 0.768. The van der Waals surface area contributed by atoms with E-state index in [4.69, 9.17) is 5.73 Å². The third-order valence-corrected chi connectivity index (χ3v) is 3.13. The molecule has 0 atom stereocenters. The van der Waals surface area contributed by atoms with E-state index in [0.717, 1.165) is 26.1 Å². The Kier molecular flexibility index (Phi) is 5.93. The molecule has 0 aliphatic heterocycles. The van der Waals surface area contributed by atoms with Crippen molar-refractivity contribution in [2.45, 2.75) is 20.3 Å². The zero-order chi connectivity index (χ0) is 12.7. The van der Waals surface area contributed by atoms with Gasteiger partial charge < -0.3 is 16.0 Å². The van der Waals surface area contributed by atoms with Crippen molar-refractivity contribution in [1.29, 1.82) is 0 Å². The molecule has 1 aromatic heterocycles. The van der Waals surface area contributed by atoms with Gasteiger partial charge in [0.2, 0.25) is 0 Å². The van der Waals surface area contributed by atoms with Crippen molar-refractivity contribution in [1.82, 2.24) is 15.2 Å². The van der Waals surface area contributed by atoms with Crippen molar-refractivity contribution >= 4 is 22.4 Å². The lowest BCUT2D eigenvalue weighted by atomic mass is 10.4. The standard InChI is InChI=1S/C11H20N4OS/c1-3-6-15(4-2)7-5-13-10(16)9-8-17-11(12)14-9/h8H,3-7H2,1-2H3,(H2,12,14)(H,13,16). The summed E-state index contributed by atoms with van der Waals surface area (Å²) in [5.41, 5.74) is 5.88. The molecule has 0 aliphatic carbocycles. The van der Waals surface area contributed by atoms with Gasteiger partial charge in [0.1, 0.15) is 5.69 Å². The molecular formula is C11H20N4OS. The Morgan fingerprint density at radius 3 is 2.82 bits per heavy atom. The molecule has 0 spiro atoms. The van der Waals surface area contributed by atoms with Crippen LogP contribution in [0.25, 0.3) is 0 Å². The number of nitrogens with two attached hydrogens (primary N) is 1. The largest absolute Gasteiger partial charge is 0.375 e. The molecule has 3 N–H and O–H groups in total. The minimum atomic E-state index is -0.148. The highest BCUT2D eigenvalue weighted by Gasteiger charge is 2.09. The number of likely N-dealkylation sites (N-methyl/N-ethyl adjacent to an activating group) is 1. The predicted octanol–water partition coefficient (Wildman–Crippen LogP) is 1.19. The third kappa shape index (κ3) is 4.70. The molecule has 0 saturated heterocycles. The molecule has 0 aromatic carbocycles. The fourth-order valence-corrected chi connectivity index (χ4v) is 2.10. The average molecular weight is 256 g/mol. The topological polar surface area (TPSA) is 71.2 Å². The van der Waals surface area contributed by atoms with Crippen molar-refractivity contribution < 1.29 is 4.79 Å². The van der Waals surface area contributed by atoms with Crippen LogP contribution in [0.5, 0.6) is 0 Å². The summed E-state index contributed by atoms with van der Waals surface area (Å²) >= 11 is 1.28. The van der Waals surface area contributed by atoms with Crippen molar-refractivity contribution in [2.24, 2.45) is 0 Å². The number of carbonyl (C=O) groups is 1. The number of aromatic nitrogens is 1. The smallest absolute Gasteiger partial charge is 0.270 e. The van der Waals surface area contributed by atoms with E-state index >= 15 is 0 Å². The van der Waals surface area contributed by atoms with Crippen LogP contribution in [0.1, 0.15) is 30.8 Å². The fraction of sp³-hybridized carbons (Fsp3) is 0.636. The Labute approximate surface area is 106 Å². The van der Waals surface area contributed by atoms with Crippen LogP contribution in [0.15, 0.2) is 5.38 Å². The summed E-state index contributed by atoms with van der Waals surface area (Å²) in [6.07, 6.45) is 1.13. The van der Waals surface area contributed by atoms with E-state index in [2.05, 4.69) is 29.0 Å². The number of rotatable bonds is 7. The summed E-state index contributed by atoms with van der Waals surface area (Å²) in [6.45, 7) is 7.86. The van der Waals surface area contributed by atoms with Crippen LogP contribution in [-0.2, 0) is 0 Å². The number of thiazole rings is 1. The number of anilines is 1. The number of nitrogen functional groups attached to an aromatic ring is 1. The number of amides is 1. The first kappa shape index (κ1) is 13.9. The van der Waals surface area contributed by atoms with Crippen LogP contribution in [0.3, 0.4) is 0 Å². The maximum Gasteiger partial charge on any atom is 0.270 e. The number of nitrogens with zero attached hydrogens (tertiary/aromatic N) is 2. The van der Waals surface area contributed by atoms with E-state index in [-0.39, 0.29) is 5.91 Å². The molecule has 0 saturated carbocycles. The third-order valence-electron chi connectivity index (χ3n) is 2.46. The zero-order valence-corrected chi connectivity index (χ0v) is 11.2. The van der Waals surface area contributed by atoms with Crippen molar-refractivity contribution in [3.8, 4) is 0 Å². The highest BCUT2D eigenvalue weighted by atomic mass is 32.1. The molecule has 0 bridgehead atoms. The van der Waals surface area contributed by atoms with Gasteiger partial charge in [0.05, 0.1) is 0 Å². The Hall–Kier alpha value is -1.14. The van der Waals surface area contributed by atoms with E-state index in [9.17, 15) is 4.79 Å². The van der Waals surface area contributed by atoms with Crippen LogP contribution in [-0.4, -0.2) is 42.0 Å². The maximum atomic E-state index is 11.6. The first-order chi connectivity index (χ1) is 8.17. The SMILES string of the molecule is CCCN(CC)CCNC(=O)c1csc(N)n1. The van der Waals surface area contributed by atoms with Gasteiger partial charge >= 0.3 is 0 Å². The van der Waals surface area contributed by atoms with Gasteiger partial charge in [0, 0.05) is 18.5 Å². The van der Waals surface area contributed by atoms with Gasteiger partial charge in [0.15, 0.2) is 5.13 Å². The molecule has 1 aromatic rings. The molecule has 17 heavy (non-hydrogen) atoms. The number of nitrogens with one attached hydrogen (secondary N) is 1. The lowest BCUT2D eigenvalue weighted by molar-refractivity contribution is 0.0944. The van der Waals surface area contributed by atoms with Gasteiger partial charge in [-0.05, 0) is 19.5 Å². The minimum Gasteiger partial charge on any atom is -0.375 e. The molecule has 1 rings (SSSR count). The average Bonchev–Trinajstić information content (AvgIpc) is 2.74. The van der Waals surface area contributed by atoms with E-state index in [1.165, 1.54) is 11.3 Å². The van der Waals surface area contributed by atoms with Gasteiger partial charge in [-0.25, -0.2) is 4.98 Å². The Bertz CT molecular complexity index is 353. The summed E-state index contributed by atoms with van der Waals surface area (Å²) < 4.78 is 0. The van der Waals surface area contributed by atoms with Crippen LogP contribution in [0.4, 0.5) is 5.13 Å². The second-order valence-corrected chi connectivity index (χ2v) is 4.65. The van der Waals surface area contributed by atoms with Gasteiger partial charge in [-0.3, -0.25) is 4.79 Å². The van der Waals surface area contributed by atoms with Gasteiger partial charge in [-0.1, -0.05) is 13.8 Å². The minimum absolute atomic E-state index is 0.148. The summed E-state index contributed by atoms with van der Waals surface area (Å²) in [5, 5.41) is 4.95. The van der Waals surface area contributed by atoms with E-state index in [1.807, 2.05) is 0 Å². The van der Waals surface area contributed by atoms with Crippen molar-refractivity contribution in [3.05, 3.63) is 11.1 Å². The summed E-state index contributed by atoms with van der Waals surface area (Å²) in [7, 11) is 0. The van der Waals surface area contributed by atoms with E-state index in [0.29, 0.717) is 17.4 Å². The van der Waals surface area contributed by atoms with Gasteiger partial charge in [0.25, 0.3) is 5.91 Å². The molecule has 96 valence electrons. The monoisotopic (exact) mass is 256 g/mol. The summed E-state index contributed by atoms with van der Waals surface area (Å²) in [4.78, 5) is 17.9. The van der Waals surface area contributed by atoms with Crippen molar-refractivity contribution in [3.63, 3.8) is 0 Å². The molecule has 5 nitrogen and oxygen atoms in total. The summed E-state index contributed by atoms with van der Waals surface area (Å²) in [5.74, 6) is -0.148. The number of carbonyl (C=O) groups excluding carboxylic acids is 1. The lowest BCUT2D eigenvalue weighted by Gasteiger charge is -2.19. The van der Waals surface area contributed by atoms with Crippen LogP contribution in [0.2, 0.25) is 0 Å². The Morgan fingerprint density at radius 2 is 2.29 bits per heavy atom. The molecule has 0 radical (unpaired) electrons. The highest BCUT2D eigenvalue weighted by Crippen LogP contribution is 2.10. The second kappa shape index (κ2) is 7.24. The zero-order valence-electron chi connectivity index (χ0n) is 10.4. The van der Waals surface area contributed by atoms with Gasteiger partial charge in [-0.15, -0.1) is 11.3 Å². The maximum absolute atomic E-state index is 11.6. The molecule has 0 fully saturated rings. The molecule has 1 heterocycles.